The maximum Gasteiger partial charge on any atom is 0.0644 e. The van der Waals surface area contributed by atoms with E-state index < -0.39 is 0 Å². The summed E-state index contributed by atoms with van der Waals surface area (Å²) in [5.74, 6) is 0. The van der Waals surface area contributed by atoms with Gasteiger partial charge in [-0.3, -0.25) is 0 Å². The van der Waals surface area contributed by atoms with Crippen molar-refractivity contribution in [1.82, 2.24) is 5.32 Å². The maximum absolute atomic E-state index is 5.65. The molecule has 3 heteroatoms. The fourth-order valence-corrected chi connectivity index (χ4v) is 2.34. The summed E-state index contributed by atoms with van der Waals surface area (Å²) >= 11 is 0. The zero-order valence-corrected chi connectivity index (χ0v) is 12.5. The largest absolute Gasteiger partial charge is 0.380 e. The first-order valence-electron chi connectivity index (χ1n) is 7.50. The number of hydrogen-bond acceptors (Lipinski definition) is 3. The molecular formula is C15H31NO2. The number of ether oxygens (including phenoxy) is 2. The highest BCUT2D eigenvalue weighted by molar-refractivity contribution is 4.70. The van der Waals surface area contributed by atoms with Crippen LogP contribution in [0.5, 0.6) is 0 Å². The second kappa shape index (κ2) is 8.89. The summed E-state index contributed by atoms with van der Waals surface area (Å²) in [4.78, 5) is 0. The van der Waals surface area contributed by atoms with Gasteiger partial charge in [0.2, 0.25) is 0 Å². The van der Waals surface area contributed by atoms with Gasteiger partial charge in [0.05, 0.1) is 12.2 Å². The predicted molar refractivity (Wildman–Crippen MR) is 76.0 cm³/mol. The smallest absolute Gasteiger partial charge is 0.0644 e. The molecule has 0 aromatic rings. The van der Waals surface area contributed by atoms with Crippen LogP contribution in [0.25, 0.3) is 0 Å². The second-order valence-corrected chi connectivity index (χ2v) is 5.97. The zero-order valence-electron chi connectivity index (χ0n) is 12.5. The molecule has 108 valence electrons. The summed E-state index contributed by atoms with van der Waals surface area (Å²) in [6.07, 6.45) is 9.25. The van der Waals surface area contributed by atoms with Gasteiger partial charge in [0, 0.05) is 26.3 Å². The van der Waals surface area contributed by atoms with Crippen LogP contribution in [0.2, 0.25) is 0 Å². The van der Waals surface area contributed by atoms with Crippen molar-refractivity contribution in [1.29, 1.82) is 0 Å². The molecule has 0 aromatic heterocycles. The summed E-state index contributed by atoms with van der Waals surface area (Å²) < 4.78 is 11.0. The Labute approximate surface area is 113 Å². The molecule has 1 aliphatic carbocycles. The summed E-state index contributed by atoms with van der Waals surface area (Å²) in [7, 11) is 1.76. The van der Waals surface area contributed by atoms with Crippen LogP contribution >= 0.6 is 0 Å². The SMILES string of the molecule is COC(C)(C)CCOCCNC1CCCCCC1. The first kappa shape index (κ1) is 15.9. The van der Waals surface area contributed by atoms with E-state index in [9.17, 15) is 0 Å². The summed E-state index contributed by atoms with van der Waals surface area (Å²) in [6.45, 7) is 6.78. The number of methoxy groups -OCH3 is 1. The molecule has 0 atom stereocenters. The fraction of sp³-hybridized carbons (Fsp3) is 1.00. The van der Waals surface area contributed by atoms with Crippen molar-refractivity contribution in [3.63, 3.8) is 0 Å². The monoisotopic (exact) mass is 257 g/mol. The molecule has 1 fully saturated rings. The van der Waals surface area contributed by atoms with E-state index >= 15 is 0 Å². The van der Waals surface area contributed by atoms with Crippen LogP contribution < -0.4 is 5.32 Å². The molecule has 0 spiro atoms. The molecule has 0 heterocycles. The van der Waals surface area contributed by atoms with Crippen LogP contribution in [0.4, 0.5) is 0 Å². The lowest BCUT2D eigenvalue weighted by Crippen LogP contribution is -2.32. The van der Waals surface area contributed by atoms with Crippen molar-refractivity contribution in [2.24, 2.45) is 0 Å². The molecule has 18 heavy (non-hydrogen) atoms. The molecule has 3 nitrogen and oxygen atoms in total. The zero-order chi connectivity index (χ0) is 13.3. The van der Waals surface area contributed by atoms with Gasteiger partial charge >= 0.3 is 0 Å². The first-order valence-corrected chi connectivity index (χ1v) is 7.50. The van der Waals surface area contributed by atoms with Crippen LogP contribution in [-0.4, -0.2) is 38.5 Å². The van der Waals surface area contributed by atoms with Crippen LogP contribution in [0.15, 0.2) is 0 Å². The first-order chi connectivity index (χ1) is 8.64. The van der Waals surface area contributed by atoms with Gasteiger partial charge in [0.15, 0.2) is 0 Å². The van der Waals surface area contributed by atoms with Crippen LogP contribution in [0.1, 0.15) is 58.8 Å². The van der Waals surface area contributed by atoms with Gasteiger partial charge in [-0.05, 0) is 33.1 Å². The van der Waals surface area contributed by atoms with E-state index in [1.807, 2.05) is 0 Å². The van der Waals surface area contributed by atoms with Gasteiger partial charge in [0.25, 0.3) is 0 Å². The van der Waals surface area contributed by atoms with Crippen molar-refractivity contribution in [2.75, 3.05) is 26.9 Å². The number of hydrogen-bond donors (Lipinski definition) is 1. The highest BCUT2D eigenvalue weighted by Gasteiger charge is 2.15. The van der Waals surface area contributed by atoms with E-state index in [0.29, 0.717) is 0 Å². The summed E-state index contributed by atoms with van der Waals surface area (Å²) in [5, 5.41) is 3.62. The molecule has 1 aliphatic rings. The van der Waals surface area contributed by atoms with Crippen molar-refractivity contribution >= 4 is 0 Å². The van der Waals surface area contributed by atoms with Crippen LogP contribution in [0, 0.1) is 0 Å². The molecule has 0 unspecified atom stereocenters. The summed E-state index contributed by atoms with van der Waals surface area (Å²) in [5.41, 5.74) is -0.0608. The normalized spacial score (nSPS) is 18.8. The standard InChI is InChI=1S/C15H31NO2/c1-15(2,17-3)10-12-18-13-11-16-14-8-6-4-5-7-9-14/h14,16H,4-13H2,1-3H3. The average molecular weight is 257 g/mol. The lowest BCUT2D eigenvalue weighted by molar-refractivity contribution is -0.00953. The van der Waals surface area contributed by atoms with E-state index in [1.54, 1.807) is 7.11 Å². The molecule has 0 aromatic carbocycles. The highest BCUT2D eigenvalue weighted by atomic mass is 16.5. The molecule has 1 rings (SSSR count). The number of rotatable bonds is 8. The van der Waals surface area contributed by atoms with Crippen molar-refractivity contribution in [3.05, 3.63) is 0 Å². The van der Waals surface area contributed by atoms with Gasteiger partial charge in [-0.15, -0.1) is 0 Å². The van der Waals surface area contributed by atoms with Gasteiger partial charge in [-0.1, -0.05) is 25.7 Å². The predicted octanol–water partition coefficient (Wildman–Crippen LogP) is 3.13. The molecular weight excluding hydrogens is 226 g/mol. The van der Waals surface area contributed by atoms with Gasteiger partial charge in [0.1, 0.15) is 0 Å². The highest BCUT2D eigenvalue weighted by Crippen LogP contribution is 2.17. The molecule has 0 bridgehead atoms. The lowest BCUT2D eigenvalue weighted by Gasteiger charge is -2.22. The number of nitrogens with one attached hydrogen (secondary N) is 1. The van der Waals surface area contributed by atoms with Crippen molar-refractivity contribution in [3.8, 4) is 0 Å². The Morgan fingerprint density at radius 2 is 1.72 bits per heavy atom. The molecule has 1 saturated carbocycles. The Morgan fingerprint density at radius 1 is 1.06 bits per heavy atom. The van der Waals surface area contributed by atoms with E-state index in [1.165, 1.54) is 38.5 Å². The maximum atomic E-state index is 5.65. The van der Waals surface area contributed by atoms with E-state index in [-0.39, 0.29) is 5.60 Å². The van der Waals surface area contributed by atoms with Gasteiger partial charge < -0.3 is 14.8 Å². The van der Waals surface area contributed by atoms with Gasteiger partial charge in [-0.2, -0.15) is 0 Å². The quantitative estimate of drug-likeness (QED) is 0.535. The minimum Gasteiger partial charge on any atom is -0.380 e. The minimum absolute atomic E-state index is 0.0608. The van der Waals surface area contributed by atoms with Crippen LogP contribution in [-0.2, 0) is 9.47 Å². The fourth-order valence-electron chi connectivity index (χ4n) is 2.34. The van der Waals surface area contributed by atoms with E-state index in [2.05, 4.69) is 19.2 Å². The Hall–Kier alpha value is -0.120. The third-order valence-electron chi connectivity index (χ3n) is 3.94. The topological polar surface area (TPSA) is 30.5 Å². The molecule has 0 aliphatic heterocycles. The van der Waals surface area contributed by atoms with Crippen LogP contribution in [0.3, 0.4) is 0 Å². The third-order valence-corrected chi connectivity index (χ3v) is 3.94. The summed E-state index contributed by atoms with van der Waals surface area (Å²) in [6, 6.07) is 0.728. The van der Waals surface area contributed by atoms with E-state index in [0.717, 1.165) is 32.2 Å². The molecule has 0 saturated heterocycles. The Morgan fingerprint density at radius 3 is 2.33 bits per heavy atom. The second-order valence-electron chi connectivity index (χ2n) is 5.97. The van der Waals surface area contributed by atoms with Gasteiger partial charge in [-0.25, -0.2) is 0 Å². The Kier molecular flexibility index (Phi) is 7.87. The van der Waals surface area contributed by atoms with Crippen molar-refractivity contribution < 1.29 is 9.47 Å². The Balaban J connectivity index is 1.94. The Bertz CT molecular complexity index is 199. The third kappa shape index (κ3) is 7.34. The van der Waals surface area contributed by atoms with Crippen molar-refractivity contribution in [2.45, 2.75) is 70.4 Å². The minimum atomic E-state index is -0.0608. The molecule has 0 radical (unpaired) electrons. The van der Waals surface area contributed by atoms with E-state index in [4.69, 9.17) is 9.47 Å². The average Bonchev–Trinajstić information content (AvgIpc) is 2.62. The lowest BCUT2D eigenvalue weighted by atomic mass is 10.1. The molecule has 1 N–H and O–H groups in total. The molecule has 0 amide bonds.